The van der Waals surface area contributed by atoms with Gasteiger partial charge in [-0.3, -0.25) is 4.79 Å². The van der Waals surface area contributed by atoms with Crippen molar-refractivity contribution in [2.45, 2.75) is 40.4 Å². The Kier molecular flexibility index (Phi) is 8.36. The number of ether oxygens (including phenoxy) is 3. The Morgan fingerprint density at radius 2 is 1.91 bits per heavy atom. The molecule has 0 atom stereocenters. The van der Waals surface area contributed by atoms with Crippen molar-refractivity contribution in [3.63, 3.8) is 0 Å². The molecule has 8 nitrogen and oxygen atoms in total. The first kappa shape index (κ1) is 25.3. The summed E-state index contributed by atoms with van der Waals surface area (Å²) in [5, 5.41) is 3.36. The summed E-state index contributed by atoms with van der Waals surface area (Å²) in [7, 11) is 0. The second-order valence-electron chi connectivity index (χ2n) is 7.40. The molecule has 0 saturated heterocycles. The summed E-state index contributed by atoms with van der Waals surface area (Å²) in [5.74, 6) is -0.837. The Morgan fingerprint density at radius 1 is 1.15 bits per heavy atom. The average Bonchev–Trinajstić information content (AvgIpc) is 3.36. The molecule has 0 fully saturated rings. The third-order valence-corrected chi connectivity index (χ3v) is 5.87. The number of hydrogen-bond acceptors (Lipinski definition) is 8. The van der Waals surface area contributed by atoms with Crippen LogP contribution in [-0.2, 0) is 16.1 Å². The van der Waals surface area contributed by atoms with Gasteiger partial charge < -0.3 is 23.9 Å². The highest BCUT2D eigenvalue weighted by atomic mass is 35.5. The SMILES string of the molecule is CCOC(=O)c1sc(NC(=O)c2ccc(COc3cccc(Cl)c3)o2)c(C(=O)OC(C)C)c1C. The van der Waals surface area contributed by atoms with E-state index >= 15 is 0 Å². The fourth-order valence-corrected chi connectivity index (χ4v) is 4.23. The van der Waals surface area contributed by atoms with Crippen LogP contribution < -0.4 is 10.1 Å². The van der Waals surface area contributed by atoms with Gasteiger partial charge in [-0.05, 0) is 63.6 Å². The number of nitrogens with one attached hydrogen (secondary N) is 1. The number of thiophene rings is 1. The van der Waals surface area contributed by atoms with Crippen molar-refractivity contribution >= 4 is 45.8 Å². The van der Waals surface area contributed by atoms with Gasteiger partial charge in [0.15, 0.2) is 5.76 Å². The van der Waals surface area contributed by atoms with E-state index in [1.165, 1.54) is 6.07 Å². The molecule has 2 heterocycles. The number of amides is 1. The molecule has 0 bridgehead atoms. The third kappa shape index (κ3) is 6.18. The molecule has 0 unspecified atom stereocenters. The first-order valence-corrected chi connectivity index (χ1v) is 11.7. The number of hydrogen-bond donors (Lipinski definition) is 1. The molecule has 0 aliphatic carbocycles. The van der Waals surface area contributed by atoms with E-state index in [1.54, 1.807) is 58.0 Å². The molecule has 180 valence electrons. The Morgan fingerprint density at radius 3 is 2.59 bits per heavy atom. The Bertz CT molecular complexity index is 1200. The minimum atomic E-state index is -0.648. The molecule has 34 heavy (non-hydrogen) atoms. The van der Waals surface area contributed by atoms with E-state index in [-0.39, 0.29) is 40.5 Å². The fourth-order valence-electron chi connectivity index (χ4n) is 2.97. The Labute approximate surface area is 205 Å². The zero-order chi connectivity index (χ0) is 24.8. The largest absolute Gasteiger partial charge is 0.486 e. The molecule has 0 radical (unpaired) electrons. The molecular formula is C24H24ClNO7S. The predicted molar refractivity (Wildman–Crippen MR) is 128 cm³/mol. The van der Waals surface area contributed by atoms with Gasteiger partial charge in [-0.15, -0.1) is 11.3 Å². The number of rotatable bonds is 9. The van der Waals surface area contributed by atoms with Gasteiger partial charge in [0, 0.05) is 5.02 Å². The first-order valence-electron chi connectivity index (χ1n) is 10.5. The molecule has 3 aromatic rings. The minimum Gasteiger partial charge on any atom is -0.486 e. The standard InChI is InChI=1S/C24H24ClNO7S/c1-5-30-24(29)20-14(4)19(23(28)32-13(2)3)22(34-20)26-21(27)18-10-9-17(33-18)12-31-16-8-6-7-15(25)11-16/h6-11,13H,5,12H2,1-4H3,(H,26,27). The molecular weight excluding hydrogens is 482 g/mol. The molecule has 1 N–H and O–H groups in total. The number of anilines is 1. The lowest BCUT2D eigenvalue weighted by Crippen LogP contribution is -2.16. The van der Waals surface area contributed by atoms with Crippen LogP contribution in [0.15, 0.2) is 40.8 Å². The molecule has 1 amide bonds. The predicted octanol–water partition coefficient (Wildman–Crippen LogP) is 5.88. The quantitative estimate of drug-likeness (QED) is 0.362. The van der Waals surface area contributed by atoms with Crippen LogP contribution in [0.25, 0.3) is 0 Å². The maximum absolute atomic E-state index is 12.8. The Balaban J connectivity index is 1.78. The van der Waals surface area contributed by atoms with Crippen molar-refractivity contribution < 1.29 is 33.0 Å². The fraction of sp³-hybridized carbons (Fsp3) is 0.292. The highest BCUT2D eigenvalue weighted by Gasteiger charge is 2.28. The number of carbonyl (C=O) groups excluding carboxylic acids is 3. The average molecular weight is 506 g/mol. The summed E-state index contributed by atoms with van der Waals surface area (Å²) in [6, 6.07) is 10.0. The van der Waals surface area contributed by atoms with E-state index in [1.807, 2.05) is 0 Å². The summed E-state index contributed by atoms with van der Waals surface area (Å²) >= 11 is 6.89. The lowest BCUT2D eigenvalue weighted by Gasteiger charge is -2.10. The molecule has 0 spiro atoms. The number of halogens is 1. The van der Waals surface area contributed by atoms with Gasteiger partial charge in [-0.25, -0.2) is 9.59 Å². The molecule has 3 rings (SSSR count). The second-order valence-corrected chi connectivity index (χ2v) is 8.86. The van der Waals surface area contributed by atoms with Crippen LogP contribution in [0.4, 0.5) is 5.00 Å². The summed E-state index contributed by atoms with van der Waals surface area (Å²) in [5.41, 5.74) is 0.477. The number of furan rings is 1. The van der Waals surface area contributed by atoms with Gasteiger partial charge in [0.25, 0.3) is 5.91 Å². The summed E-state index contributed by atoms with van der Waals surface area (Å²) in [6.07, 6.45) is -0.381. The molecule has 10 heteroatoms. The van der Waals surface area contributed by atoms with Crippen LogP contribution in [0.1, 0.15) is 62.7 Å². The normalized spacial score (nSPS) is 10.8. The van der Waals surface area contributed by atoms with Crippen LogP contribution in [0, 0.1) is 6.92 Å². The first-order chi connectivity index (χ1) is 16.2. The van der Waals surface area contributed by atoms with Crippen molar-refractivity contribution in [3.05, 3.63) is 68.9 Å². The topological polar surface area (TPSA) is 104 Å². The minimum absolute atomic E-state index is 0.0107. The van der Waals surface area contributed by atoms with Crippen LogP contribution in [-0.4, -0.2) is 30.6 Å². The van der Waals surface area contributed by atoms with Crippen LogP contribution >= 0.6 is 22.9 Å². The van der Waals surface area contributed by atoms with Crippen molar-refractivity contribution in [1.29, 1.82) is 0 Å². The van der Waals surface area contributed by atoms with Gasteiger partial charge in [0.1, 0.15) is 28.0 Å². The highest BCUT2D eigenvalue weighted by Crippen LogP contribution is 2.35. The number of carbonyl (C=O) groups is 3. The highest BCUT2D eigenvalue weighted by molar-refractivity contribution is 7.18. The molecule has 0 aliphatic heterocycles. The van der Waals surface area contributed by atoms with Crippen molar-refractivity contribution in [2.24, 2.45) is 0 Å². The molecule has 2 aromatic heterocycles. The lowest BCUT2D eigenvalue weighted by atomic mass is 10.1. The Hall–Kier alpha value is -3.30. The van der Waals surface area contributed by atoms with E-state index in [4.69, 9.17) is 30.2 Å². The number of benzene rings is 1. The third-order valence-electron chi connectivity index (χ3n) is 4.44. The van der Waals surface area contributed by atoms with Crippen molar-refractivity contribution in [1.82, 2.24) is 0 Å². The maximum Gasteiger partial charge on any atom is 0.348 e. The van der Waals surface area contributed by atoms with Gasteiger partial charge >= 0.3 is 11.9 Å². The van der Waals surface area contributed by atoms with Gasteiger partial charge in [-0.1, -0.05) is 17.7 Å². The van der Waals surface area contributed by atoms with Crippen molar-refractivity contribution in [2.75, 3.05) is 11.9 Å². The maximum atomic E-state index is 12.8. The van der Waals surface area contributed by atoms with Gasteiger partial charge in [0.05, 0.1) is 18.3 Å². The molecule has 0 aliphatic rings. The summed E-state index contributed by atoms with van der Waals surface area (Å²) in [6.45, 7) is 6.97. The summed E-state index contributed by atoms with van der Waals surface area (Å²) in [4.78, 5) is 38.1. The molecule has 1 aromatic carbocycles. The lowest BCUT2D eigenvalue weighted by molar-refractivity contribution is 0.0379. The van der Waals surface area contributed by atoms with Crippen LogP contribution in [0.2, 0.25) is 5.02 Å². The van der Waals surface area contributed by atoms with Gasteiger partial charge in [0.2, 0.25) is 0 Å². The zero-order valence-corrected chi connectivity index (χ0v) is 20.7. The van der Waals surface area contributed by atoms with Crippen LogP contribution in [0.3, 0.4) is 0 Å². The van der Waals surface area contributed by atoms with Crippen molar-refractivity contribution in [3.8, 4) is 5.75 Å². The number of esters is 2. The molecule has 0 saturated carbocycles. The van der Waals surface area contributed by atoms with E-state index < -0.39 is 17.8 Å². The van der Waals surface area contributed by atoms with E-state index in [2.05, 4.69) is 5.32 Å². The van der Waals surface area contributed by atoms with E-state index in [0.717, 1.165) is 11.3 Å². The van der Waals surface area contributed by atoms with Crippen LogP contribution in [0.5, 0.6) is 5.75 Å². The smallest absolute Gasteiger partial charge is 0.348 e. The van der Waals surface area contributed by atoms with Gasteiger partial charge in [-0.2, -0.15) is 0 Å². The van der Waals surface area contributed by atoms with E-state index in [9.17, 15) is 14.4 Å². The summed E-state index contributed by atoms with van der Waals surface area (Å²) < 4.78 is 21.6. The second kappa shape index (κ2) is 11.2. The monoisotopic (exact) mass is 505 g/mol. The zero-order valence-electron chi connectivity index (χ0n) is 19.1. The van der Waals surface area contributed by atoms with E-state index in [0.29, 0.717) is 22.1 Å².